The second kappa shape index (κ2) is 6.79. The van der Waals surface area contributed by atoms with Crippen molar-refractivity contribution < 1.29 is 4.79 Å². The molecule has 0 radical (unpaired) electrons. The molecular formula is C18H19IN2O. The Kier molecular flexibility index (Phi) is 4.78. The topological polar surface area (TPSA) is 32.3 Å². The van der Waals surface area contributed by atoms with E-state index in [9.17, 15) is 4.79 Å². The first-order valence-electron chi connectivity index (χ1n) is 7.47. The molecule has 0 heterocycles. The maximum Gasteiger partial charge on any atom is 0.238 e. The quantitative estimate of drug-likeness (QED) is 0.783. The zero-order chi connectivity index (χ0) is 15.5. The first-order valence-corrected chi connectivity index (χ1v) is 8.55. The second-order valence-corrected chi connectivity index (χ2v) is 6.97. The smallest absolute Gasteiger partial charge is 0.238 e. The van der Waals surface area contributed by atoms with Crippen molar-refractivity contribution in [2.75, 3.05) is 18.9 Å². The van der Waals surface area contributed by atoms with Gasteiger partial charge in [-0.05, 0) is 71.8 Å². The summed E-state index contributed by atoms with van der Waals surface area (Å²) in [4.78, 5) is 14.4. The van der Waals surface area contributed by atoms with Crippen molar-refractivity contribution in [3.63, 3.8) is 0 Å². The molecule has 3 nitrogen and oxygen atoms in total. The van der Waals surface area contributed by atoms with Crippen molar-refractivity contribution in [1.82, 2.24) is 4.90 Å². The van der Waals surface area contributed by atoms with Crippen molar-refractivity contribution in [1.29, 1.82) is 0 Å². The number of carbonyl (C=O) groups is 1. The van der Waals surface area contributed by atoms with Gasteiger partial charge in [0, 0.05) is 15.3 Å². The Bertz CT molecular complexity index is 686. The number of hydrogen-bond acceptors (Lipinski definition) is 2. The van der Waals surface area contributed by atoms with E-state index in [1.165, 1.54) is 11.1 Å². The minimum absolute atomic E-state index is 0.0360. The van der Waals surface area contributed by atoms with Crippen LogP contribution < -0.4 is 5.32 Å². The molecule has 1 N–H and O–H groups in total. The molecular weight excluding hydrogens is 387 g/mol. The number of amides is 1. The lowest BCUT2D eigenvalue weighted by Crippen LogP contribution is -2.32. The van der Waals surface area contributed by atoms with Crippen LogP contribution in [0.15, 0.2) is 48.5 Å². The van der Waals surface area contributed by atoms with E-state index in [-0.39, 0.29) is 5.91 Å². The van der Waals surface area contributed by atoms with Crippen molar-refractivity contribution in [2.24, 2.45) is 0 Å². The highest BCUT2D eigenvalue weighted by Gasteiger charge is 2.26. The van der Waals surface area contributed by atoms with Crippen LogP contribution in [-0.2, 0) is 11.2 Å². The van der Waals surface area contributed by atoms with E-state index in [1.54, 1.807) is 0 Å². The summed E-state index contributed by atoms with van der Waals surface area (Å²) < 4.78 is 1.12. The highest BCUT2D eigenvalue weighted by Crippen LogP contribution is 2.34. The summed E-state index contributed by atoms with van der Waals surface area (Å²) in [7, 11) is 2.03. The molecule has 0 fully saturated rings. The van der Waals surface area contributed by atoms with Crippen molar-refractivity contribution in [3.8, 4) is 0 Å². The van der Waals surface area contributed by atoms with Crippen molar-refractivity contribution >= 4 is 34.2 Å². The molecule has 1 aliphatic rings. The number of likely N-dealkylation sites (N-methyl/N-ethyl adjacent to an activating group) is 1. The highest BCUT2D eigenvalue weighted by atomic mass is 127. The number of anilines is 1. The van der Waals surface area contributed by atoms with E-state index in [1.807, 2.05) is 31.3 Å². The fourth-order valence-corrected chi connectivity index (χ4v) is 3.64. The third kappa shape index (κ3) is 3.50. The van der Waals surface area contributed by atoms with Gasteiger partial charge in [0.25, 0.3) is 0 Å². The SMILES string of the molecule is CN(CC(=O)Nc1cccc(I)c1)[C@@H]1CCc2ccccc21. The van der Waals surface area contributed by atoms with Gasteiger partial charge in [0.1, 0.15) is 0 Å². The summed E-state index contributed by atoms with van der Waals surface area (Å²) in [5, 5.41) is 2.98. The Morgan fingerprint density at radius 2 is 2.09 bits per heavy atom. The van der Waals surface area contributed by atoms with Crippen LogP contribution in [0.1, 0.15) is 23.6 Å². The van der Waals surface area contributed by atoms with E-state index in [2.05, 4.69) is 57.1 Å². The Balaban J connectivity index is 1.62. The first kappa shape index (κ1) is 15.5. The number of benzene rings is 2. The Hall–Kier alpha value is -1.40. The van der Waals surface area contributed by atoms with E-state index < -0.39 is 0 Å². The molecule has 1 amide bonds. The summed E-state index contributed by atoms with van der Waals surface area (Å²) in [5.74, 6) is 0.0360. The largest absolute Gasteiger partial charge is 0.325 e. The van der Waals surface area contributed by atoms with Crippen LogP contribution in [0.3, 0.4) is 0 Å². The molecule has 114 valence electrons. The number of carbonyl (C=O) groups excluding carboxylic acids is 1. The van der Waals surface area contributed by atoms with Crippen LogP contribution in [-0.4, -0.2) is 24.4 Å². The minimum atomic E-state index is 0.0360. The number of halogens is 1. The van der Waals surface area contributed by atoms with E-state index >= 15 is 0 Å². The number of nitrogens with one attached hydrogen (secondary N) is 1. The van der Waals surface area contributed by atoms with Gasteiger partial charge in [-0.3, -0.25) is 9.69 Å². The summed E-state index contributed by atoms with van der Waals surface area (Å²) in [6.45, 7) is 0.407. The first-order chi connectivity index (χ1) is 10.6. The van der Waals surface area contributed by atoms with Crippen molar-refractivity contribution in [2.45, 2.75) is 18.9 Å². The molecule has 0 aromatic heterocycles. The number of rotatable bonds is 4. The van der Waals surface area contributed by atoms with E-state index in [0.717, 1.165) is 22.1 Å². The molecule has 22 heavy (non-hydrogen) atoms. The molecule has 0 bridgehead atoms. The van der Waals surface area contributed by atoms with Gasteiger partial charge < -0.3 is 5.32 Å². The summed E-state index contributed by atoms with van der Waals surface area (Å²) in [6.07, 6.45) is 2.19. The molecule has 0 saturated heterocycles. The Morgan fingerprint density at radius 1 is 1.27 bits per heavy atom. The predicted octanol–water partition coefficient (Wildman–Crippen LogP) is 3.85. The zero-order valence-electron chi connectivity index (χ0n) is 12.6. The van der Waals surface area contributed by atoms with Gasteiger partial charge in [0.2, 0.25) is 5.91 Å². The minimum Gasteiger partial charge on any atom is -0.325 e. The normalized spacial score (nSPS) is 16.6. The molecule has 0 unspecified atom stereocenters. The van der Waals surface area contributed by atoms with Crippen LogP contribution in [0.25, 0.3) is 0 Å². The monoisotopic (exact) mass is 406 g/mol. The summed E-state index contributed by atoms with van der Waals surface area (Å²) >= 11 is 2.25. The van der Waals surface area contributed by atoms with Gasteiger partial charge in [0.15, 0.2) is 0 Å². The third-order valence-corrected chi connectivity index (χ3v) is 4.81. The van der Waals surface area contributed by atoms with Gasteiger partial charge in [-0.25, -0.2) is 0 Å². The van der Waals surface area contributed by atoms with Crippen LogP contribution in [0, 0.1) is 3.57 Å². The van der Waals surface area contributed by atoms with E-state index in [0.29, 0.717) is 12.6 Å². The lowest BCUT2D eigenvalue weighted by Gasteiger charge is -2.24. The van der Waals surface area contributed by atoms with Crippen LogP contribution in [0.5, 0.6) is 0 Å². The molecule has 0 saturated carbocycles. The molecule has 0 spiro atoms. The standard InChI is InChI=1S/C18H19IN2O/c1-21(17-10-9-13-5-2-3-8-16(13)17)12-18(22)20-15-7-4-6-14(19)11-15/h2-8,11,17H,9-10,12H2,1H3,(H,20,22)/t17-/m1/s1. The Labute approximate surface area is 144 Å². The summed E-state index contributed by atoms with van der Waals surface area (Å²) in [6, 6.07) is 16.7. The van der Waals surface area contributed by atoms with Gasteiger partial charge in [0.05, 0.1) is 6.54 Å². The molecule has 1 aliphatic carbocycles. The third-order valence-electron chi connectivity index (χ3n) is 4.13. The number of fused-ring (bicyclic) bond motifs is 1. The fourth-order valence-electron chi connectivity index (χ4n) is 3.10. The molecule has 1 atom stereocenters. The maximum absolute atomic E-state index is 12.2. The van der Waals surface area contributed by atoms with Crippen LogP contribution in [0.4, 0.5) is 5.69 Å². The average Bonchev–Trinajstić information content (AvgIpc) is 2.91. The molecule has 2 aromatic rings. The van der Waals surface area contributed by atoms with Crippen LogP contribution >= 0.6 is 22.6 Å². The molecule has 3 rings (SSSR count). The zero-order valence-corrected chi connectivity index (χ0v) is 14.7. The van der Waals surface area contributed by atoms with Gasteiger partial charge in [-0.15, -0.1) is 0 Å². The molecule has 0 aliphatic heterocycles. The predicted molar refractivity (Wildman–Crippen MR) is 97.9 cm³/mol. The van der Waals surface area contributed by atoms with E-state index in [4.69, 9.17) is 0 Å². The van der Waals surface area contributed by atoms with Gasteiger partial charge in [-0.1, -0.05) is 30.3 Å². The number of nitrogens with zero attached hydrogens (tertiary/aromatic N) is 1. The maximum atomic E-state index is 12.2. The van der Waals surface area contributed by atoms with Gasteiger partial charge >= 0.3 is 0 Å². The highest BCUT2D eigenvalue weighted by molar-refractivity contribution is 14.1. The van der Waals surface area contributed by atoms with Crippen molar-refractivity contribution in [3.05, 3.63) is 63.2 Å². The summed E-state index contributed by atoms with van der Waals surface area (Å²) in [5.41, 5.74) is 3.64. The van der Waals surface area contributed by atoms with Gasteiger partial charge in [-0.2, -0.15) is 0 Å². The average molecular weight is 406 g/mol. The fraction of sp³-hybridized carbons (Fsp3) is 0.278. The van der Waals surface area contributed by atoms with Crippen LogP contribution in [0.2, 0.25) is 0 Å². The molecule has 2 aromatic carbocycles. The molecule has 4 heteroatoms. The number of hydrogen-bond donors (Lipinski definition) is 1. The second-order valence-electron chi connectivity index (χ2n) is 5.73. The Morgan fingerprint density at radius 3 is 2.91 bits per heavy atom. The lowest BCUT2D eigenvalue weighted by atomic mass is 10.1. The number of aryl methyl sites for hydroxylation is 1. The lowest BCUT2D eigenvalue weighted by molar-refractivity contribution is -0.117.